The summed E-state index contributed by atoms with van der Waals surface area (Å²) in [7, 11) is 0. The van der Waals surface area contributed by atoms with Crippen molar-refractivity contribution in [2.75, 3.05) is 19.7 Å². The van der Waals surface area contributed by atoms with Gasteiger partial charge in [0.15, 0.2) is 0 Å². The minimum Gasteiger partial charge on any atom is -0.396 e. The summed E-state index contributed by atoms with van der Waals surface area (Å²) >= 11 is 0. The van der Waals surface area contributed by atoms with E-state index in [-0.39, 0.29) is 36.1 Å². The fourth-order valence-electron chi connectivity index (χ4n) is 5.57. The van der Waals surface area contributed by atoms with Crippen LogP contribution in [0.1, 0.15) is 39.9 Å². The van der Waals surface area contributed by atoms with Gasteiger partial charge < -0.3 is 14.7 Å². The molecular formula is C24H27NO3. The van der Waals surface area contributed by atoms with Crippen LogP contribution in [0.3, 0.4) is 0 Å². The van der Waals surface area contributed by atoms with Gasteiger partial charge in [-0.15, -0.1) is 0 Å². The van der Waals surface area contributed by atoms with Crippen molar-refractivity contribution in [2.45, 2.75) is 37.9 Å². The number of aliphatic hydroxyl groups excluding tert-OH is 1. The molecule has 3 fully saturated rings. The van der Waals surface area contributed by atoms with E-state index < -0.39 is 0 Å². The molecule has 1 spiro atoms. The zero-order chi connectivity index (χ0) is 19.3. The molecule has 3 aliphatic heterocycles. The van der Waals surface area contributed by atoms with E-state index in [4.69, 9.17) is 4.74 Å². The summed E-state index contributed by atoms with van der Waals surface area (Å²) in [6.45, 7) is 3.59. The van der Waals surface area contributed by atoms with E-state index in [9.17, 15) is 9.90 Å². The lowest BCUT2D eigenvalue weighted by molar-refractivity contribution is 0.00153. The summed E-state index contributed by atoms with van der Waals surface area (Å²) < 4.78 is 6.29. The zero-order valence-corrected chi connectivity index (χ0v) is 16.3. The van der Waals surface area contributed by atoms with Gasteiger partial charge in [0.25, 0.3) is 5.91 Å². The van der Waals surface area contributed by atoms with Crippen molar-refractivity contribution in [1.82, 2.24) is 4.90 Å². The first-order chi connectivity index (χ1) is 13.6. The number of amides is 1. The van der Waals surface area contributed by atoms with Gasteiger partial charge in [0.1, 0.15) is 0 Å². The van der Waals surface area contributed by atoms with Crippen molar-refractivity contribution in [3.8, 4) is 0 Å². The van der Waals surface area contributed by atoms with E-state index in [1.165, 1.54) is 11.1 Å². The molecular weight excluding hydrogens is 350 g/mol. The van der Waals surface area contributed by atoms with Crippen LogP contribution in [0.15, 0.2) is 48.5 Å². The number of benzene rings is 2. The van der Waals surface area contributed by atoms with Gasteiger partial charge in [-0.05, 0) is 43.4 Å². The van der Waals surface area contributed by atoms with Gasteiger partial charge in [-0.3, -0.25) is 4.79 Å². The number of nitrogens with zero attached hydrogens (tertiary/aromatic N) is 1. The monoisotopic (exact) mass is 377 g/mol. The maximum Gasteiger partial charge on any atom is 0.254 e. The number of aliphatic hydroxyl groups is 1. The first-order valence-electron chi connectivity index (χ1n) is 10.3. The van der Waals surface area contributed by atoms with Crippen LogP contribution in [0.2, 0.25) is 0 Å². The molecule has 4 atom stereocenters. The zero-order valence-electron chi connectivity index (χ0n) is 16.3. The predicted molar refractivity (Wildman–Crippen MR) is 107 cm³/mol. The van der Waals surface area contributed by atoms with E-state index in [0.717, 1.165) is 30.4 Å². The SMILES string of the molecule is Cc1ccc(Cc2ccccc2C(=O)N2C[C@@H]3[C@H](CO)[C@H]4CC[C@]3(C2)O4)cc1. The topological polar surface area (TPSA) is 49.8 Å². The van der Waals surface area contributed by atoms with E-state index in [1.54, 1.807) is 0 Å². The Morgan fingerprint density at radius 1 is 1.21 bits per heavy atom. The molecule has 28 heavy (non-hydrogen) atoms. The molecule has 5 rings (SSSR count). The van der Waals surface area contributed by atoms with E-state index >= 15 is 0 Å². The number of likely N-dealkylation sites (tertiary alicyclic amines) is 1. The number of carbonyl (C=O) groups excluding carboxylic acids is 1. The van der Waals surface area contributed by atoms with Crippen LogP contribution < -0.4 is 0 Å². The molecule has 0 aliphatic carbocycles. The maximum absolute atomic E-state index is 13.4. The third-order valence-electron chi connectivity index (χ3n) is 7.04. The smallest absolute Gasteiger partial charge is 0.254 e. The normalized spacial score (nSPS) is 30.6. The molecule has 4 heteroatoms. The molecule has 2 aromatic carbocycles. The van der Waals surface area contributed by atoms with Crippen LogP contribution in [0, 0.1) is 18.8 Å². The highest BCUT2D eigenvalue weighted by Gasteiger charge is 2.63. The van der Waals surface area contributed by atoms with E-state index in [2.05, 4.69) is 37.3 Å². The average molecular weight is 377 g/mol. The van der Waals surface area contributed by atoms with Gasteiger partial charge in [-0.2, -0.15) is 0 Å². The molecule has 2 bridgehead atoms. The molecule has 146 valence electrons. The van der Waals surface area contributed by atoms with Crippen LogP contribution in [0.25, 0.3) is 0 Å². The average Bonchev–Trinajstić information content (AvgIpc) is 3.37. The summed E-state index contributed by atoms with van der Waals surface area (Å²) in [5, 5.41) is 9.82. The van der Waals surface area contributed by atoms with Crippen molar-refractivity contribution in [1.29, 1.82) is 0 Å². The van der Waals surface area contributed by atoms with Crippen LogP contribution in [-0.2, 0) is 11.2 Å². The molecule has 3 saturated heterocycles. The molecule has 2 aromatic rings. The summed E-state index contributed by atoms with van der Waals surface area (Å²) in [6.07, 6.45) is 2.95. The second-order valence-corrected chi connectivity index (χ2v) is 8.72. The number of fused-ring (bicyclic) bond motifs is 1. The van der Waals surface area contributed by atoms with Crippen LogP contribution in [-0.4, -0.2) is 47.3 Å². The summed E-state index contributed by atoms with van der Waals surface area (Å²) in [5.74, 6) is 0.536. The van der Waals surface area contributed by atoms with Gasteiger partial charge in [0, 0.05) is 30.6 Å². The van der Waals surface area contributed by atoms with Crippen LogP contribution in [0.5, 0.6) is 0 Å². The van der Waals surface area contributed by atoms with Crippen molar-refractivity contribution in [3.05, 3.63) is 70.8 Å². The minimum atomic E-state index is -0.223. The Morgan fingerprint density at radius 3 is 2.79 bits per heavy atom. The number of aryl methyl sites for hydroxylation is 1. The number of rotatable bonds is 4. The highest BCUT2D eigenvalue weighted by Crippen LogP contribution is 2.54. The number of ether oxygens (including phenoxy) is 1. The van der Waals surface area contributed by atoms with Crippen LogP contribution in [0.4, 0.5) is 0 Å². The second-order valence-electron chi connectivity index (χ2n) is 8.72. The van der Waals surface area contributed by atoms with Crippen molar-refractivity contribution in [3.63, 3.8) is 0 Å². The summed E-state index contributed by atoms with van der Waals surface area (Å²) in [6, 6.07) is 16.4. The Morgan fingerprint density at radius 2 is 2.00 bits per heavy atom. The van der Waals surface area contributed by atoms with Crippen molar-refractivity contribution >= 4 is 5.91 Å². The molecule has 1 N–H and O–H groups in total. The Labute approximate surface area is 166 Å². The van der Waals surface area contributed by atoms with E-state index in [1.807, 2.05) is 23.1 Å². The highest BCUT2D eigenvalue weighted by molar-refractivity contribution is 5.96. The summed E-state index contributed by atoms with van der Waals surface area (Å²) in [5.41, 5.74) is 4.08. The Bertz CT molecular complexity index is 893. The standard InChI is InChI=1S/C24H27NO3/c1-16-6-8-17(9-7-16)12-18-4-2-3-5-19(18)23(27)25-13-21-20(14-26)22-10-11-24(21,15-25)28-22/h2-9,20-22,26H,10-15H2,1H3/t20-,21+,22+,24+/m0/s1. The molecule has 0 saturated carbocycles. The highest BCUT2D eigenvalue weighted by atomic mass is 16.5. The minimum absolute atomic E-state index is 0.0928. The lowest BCUT2D eigenvalue weighted by Crippen LogP contribution is -2.38. The fourth-order valence-corrected chi connectivity index (χ4v) is 5.57. The first-order valence-corrected chi connectivity index (χ1v) is 10.3. The number of hydrogen-bond donors (Lipinski definition) is 1. The van der Waals surface area contributed by atoms with Crippen molar-refractivity contribution < 1.29 is 14.6 Å². The molecule has 3 aliphatic rings. The summed E-state index contributed by atoms with van der Waals surface area (Å²) in [4.78, 5) is 15.4. The molecule has 1 amide bonds. The maximum atomic E-state index is 13.4. The largest absolute Gasteiger partial charge is 0.396 e. The molecule has 0 aromatic heterocycles. The van der Waals surface area contributed by atoms with Gasteiger partial charge >= 0.3 is 0 Å². The first kappa shape index (κ1) is 17.9. The molecule has 3 heterocycles. The lowest BCUT2D eigenvalue weighted by atomic mass is 9.74. The van der Waals surface area contributed by atoms with Gasteiger partial charge in [-0.25, -0.2) is 0 Å². The van der Waals surface area contributed by atoms with Gasteiger partial charge in [-0.1, -0.05) is 48.0 Å². The van der Waals surface area contributed by atoms with Crippen molar-refractivity contribution in [2.24, 2.45) is 11.8 Å². The quantitative estimate of drug-likeness (QED) is 0.890. The predicted octanol–water partition coefficient (Wildman–Crippen LogP) is 3.20. The fraction of sp³-hybridized carbons (Fsp3) is 0.458. The molecule has 0 unspecified atom stereocenters. The molecule has 0 radical (unpaired) electrons. The molecule has 4 nitrogen and oxygen atoms in total. The van der Waals surface area contributed by atoms with E-state index in [0.29, 0.717) is 13.1 Å². The number of carbonyl (C=O) groups is 1. The Hall–Kier alpha value is -2.17. The van der Waals surface area contributed by atoms with Gasteiger partial charge in [0.2, 0.25) is 0 Å². The van der Waals surface area contributed by atoms with Crippen LogP contribution >= 0.6 is 0 Å². The number of hydrogen-bond acceptors (Lipinski definition) is 3. The third-order valence-corrected chi connectivity index (χ3v) is 7.04. The third kappa shape index (κ3) is 2.78. The Kier molecular flexibility index (Phi) is 4.29. The second kappa shape index (κ2) is 6.71. The van der Waals surface area contributed by atoms with Gasteiger partial charge in [0.05, 0.1) is 18.2 Å². The Balaban J connectivity index is 1.39. The lowest BCUT2D eigenvalue weighted by Gasteiger charge is -2.27.